The van der Waals surface area contributed by atoms with E-state index in [0.29, 0.717) is 0 Å². The minimum Gasteiger partial charge on any atom is -0.497 e. The van der Waals surface area contributed by atoms with E-state index in [-0.39, 0.29) is 0 Å². The van der Waals surface area contributed by atoms with E-state index in [2.05, 4.69) is 36.9 Å². The van der Waals surface area contributed by atoms with Crippen LogP contribution in [0.3, 0.4) is 0 Å². The second kappa shape index (κ2) is 4.58. The van der Waals surface area contributed by atoms with Gasteiger partial charge in [0.15, 0.2) is 0 Å². The van der Waals surface area contributed by atoms with Crippen LogP contribution in [0.4, 0.5) is 0 Å². The number of hydrogen-bond donors (Lipinski definition) is 0. The highest BCUT2D eigenvalue weighted by Gasteiger charge is 2.38. The normalized spacial score (nSPS) is 30.9. The van der Waals surface area contributed by atoms with Crippen LogP contribution in [0.15, 0.2) is 18.2 Å². The minimum atomic E-state index is 0.733. The van der Waals surface area contributed by atoms with Gasteiger partial charge in [-0.3, -0.25) is 0 Å². The zero-order valence-corrected chi connectivity index (χ0v) is 11.6. The molecular weight excluding hydrogens is 222 g/mol. The largest absolute Gasteiger partial charge is 0.497 e. The quantitative estimate of drug-likeness (QED) is 0.794. The highest BCUT2D eigenvalue weighted by molar-refractivity contribution is 5.41. The predicted octanol–water partition coefficient (Wildman–Crippen LogP) is 3.07. The number of piperidine rings is 1. The number of rotatable bonds is 2. The molecule has 2 heteroatoms. The Morgan fingerprint density at radius 2 is 2.22 bits per heavy atom. The van der Waals surface area contributed by atoms with Crippen molar-refractivity contribution in [3.63, 3.8) is 0 Å². The van der Waals surface area contributed by atoms with Crippen molar-refractivity contribution < 1.29 is 4.74 Å². The van der Waals surface area contributed by atoms with Gasteiger partial charge in [-0.2, -0.15) is 0 Å². The van der Waals surface area contributed by atoms with Crippen molar-refractivity contribution in [3.8, 4) is 5.75 Å². The summed E-state index contributed by atoms with van der Waals surface area (Å²) < 4.78 is 5.39. The summed E-state index contributed by atoms with van der Waals surface area (Å²) in [5, 5.41) is 0. The summed E-state index contributed by atoms with van der Waals surface area (Å²) in [6.07, 6.45) is 2.55. The molecule has 1 fully saturated rings. The van der Waals surface area contributed by atoms with Crippen molar-refractivity contribution in [2.45, 2.75) is 38.6 Å². The van der Waals surface area contributed by atoms with Crippen LogP contribution in [0.5, 0.6) is 5.75 Å². The molecule has 0 N–H and O–H groups in total. The van der Waals surface area contributed by atoms with Crippen molar-refractivity contribution in [1.29, 1.82) is 0 Å². The van der Waals surface area contributed by atoms with E-state index in [1.54, 1.807) is 18.2 Å². The monoisotopic (exact) mass is 245 g/mol. The molecule has 1 aliphatic heterocycles. The molecule has 2 bridgehead atoms. The van der Waals surface area contributed by atoms with Crippen LogP contribution >= 0.6 is 0 Å². The van der Waals surface area contributed by atoms with Crippen molar-refractivity contribution in [2.24, 2.45) is 5.92 Å². The van der Waals surface area contributed by atoms with Gasteiger partial charge < -0.3 is 9.64 Å². The number of methoxy groups -OCH3 is 1. The predicted molar refractivity (Wildman–Crippen MR) is 74.3 cm³/mol. The molecule has 0 radical (unpaired) electrons. The molecule has 1 heterocycles. The molecular formula is C16H23NO. The summed E-state index contributed by atoms with van der Waals surface area (Å²) in [4.78, 5) is 2.66. The number of ether oxygens (including phenoxy) is 1. The maximum Gasteiger partial charge on any atom is 0.119 e. The molecule has 0 spiro atoms. The third-order valence-electron chi connectivity index (χ3n) is 4.87. The minimum absolute atomic E-state index is 0.733. The number of nitrogens with zero attached hydrogens (tertiary/aromatic N) is 1. The van der Waals surface area contributed by atoms with Crippen LogP contribution in [-0.2, 0) is 6.42 Å². The molecule has 98 valence electrons. The Hall–Kier alpha value is -1.02. The van der Waals surface area contributed by atoms with E-state index in [1.165, 1.54) is 25.9 Å². The maximum atomic E-state index is 5.39. The van der Waals surface area contributed by atoms with Gasteiger partial charge >= 0.3 is 0 Å². The molecule has 1 aromatic carbocycles. The van der Waals surface area contributed by atoms with Crippen molar-refractivity contribution in [3.05, 3.63) is 29.3 Å². The lowest BCUT2D eigenvalue weighted by Gasteiger charge is -2.47. The Bertz CT molecular complexity index is 443. The van der Waals surface area contributed by atoms with Crippen LogP contribution in [0.1, 0.15) is 37.3 Å². The zero-order chi connectivity index (χ0) is 12.7. The number of hydrogen-bond acceptors (Lipinski definition) is 2. The molecule has 3 rings (SSSR count). The molecule has 0 saturated carbocycles. The molecule has 2 aliphatic rings. The molecule has 1 aliphatic carbocycles. The van der Waals surface area contributed by atoms with Gasteiger partial charge in [-0.15, -0.1) is 0 Å². The topological polar surface area (TPSA) is 12.5 Å². The first kappa shape index (κ1) is 12.0. The summed E-state index contributed by atoms with van der Waals surface area (Å²) in [7, 11) is 1.76. The highest BCUT2D eigenvalue weighted by Crippen LogP contribution is 2.43. The van der Waals surface area contributed by atoms with Gasteiger partial charge in [-0.1, -0.05) is 19.9 Å². The molecule has 0 aromatic heterocycles. The van der Waals surface area contributed by atoms with Crippen LogP contribution in [0.25, 0.3) is 0 Å². The van der Waals surface area contributed by atoms with Crippen LogP contribution < -0.4 is 4.74 Å². The number of likely N-dealkylation sites (N-methyl/N-ethyl adjacent to an activating group) is 1. The van der Waals surface area contributed by atoms with E-state index in [4.69, 9.17) is 4.74 Å². The van der Waals surface area contributed by atoms with Crippen LogP contribution in [-0.4, -0.2) is 31.1 Å². The number of likely N-dealkylation sites (tertiary alicyclic amines) is 1. The van der Waals surface area contributed by atoms with Gasteiger partial charge in [-0.25, -0.2) is 0 Å². The van der Waals surface area contributed by atoms with Gasteiger partial charge in [0.05, 0.1) is 7.11 Å². The molecule has 1 aromatic rings. The fourth-order valence-corrected chi connectivity index (χ4v) is 3.84. The van der Waals surface area contributed by atoms with Gasteiger partial charge in [0.25, 0.3) is 0 Å². The summed E-state index contributed by atoms with van der Waals surface area (Å²) in [6, 6.07) is 7.42. The van der Waals surface area contributed by atoms with E-state index in [0.717, 1.165) is 23.6 Å². The first-order valence-corrected chi connectivity index (χ1v) is 7.13. The maximum absolute atomic E-state index is 5.39. The van der Waals surface area contributed by atoms with E-state index < -0.39 is 0 Å². The Balaban J connectivity index is 1.98. The summed E-state index contributed by atoms with van der Waals surface area (Å²) in [5.74, 6) is 2.50. The smallest absolute Gasteiger partial charge is 0.119 e. The third kappa shape index (κ3) is 1.83. The molecule has 2 nitrogen and oxygen atoms in total. The van der Waals surface area contributed by atoms with Crippen LogP contribution in [0, 0.1) is 5.92 Å². The second-order valence-corrected chi connectivity index (χ2v) is 5.83. The van der Waals surface area contributed by atoms with Crippen molar-refractivity contribution >= 4 is 0 Å². The number of benzene rings is 1. The lowest BCUT2D eigenvalue weighted by Crippen LogP contribution is -2.49. The van der Waals surface area contributed by atoms with E-state index >= 15 is 0 Å². The van der Waals surface area contributed by atoms with Gasteiger partial charge in [-0.05, 0) is 54.5 Å². The summed E-state index contributed by atoms with van der Waals surface area (Å²) in [5.41, 5.74) is 3.09. The Kier molecular flexibility index (Phi) is 3.06. The van der Waals surface area contributed by atoms with Crippen LogP contribution in [0.2, 0.25) is 0 Å². The average molecular weight is 245 g/mol. The Morgan fingerprint density at radius 3 is 2.94 bits per heavy atom. The van der Waals surface area contributed by atoms with Gasteiger partial charge in [0.2, 0.25) is 0 Å². The van der Waals surface area contributed by atoms with E-state index in [1.807, 2.05) is 0 Å². The first-order valence-electron chi connectivity index (χ1n) is 7.13. The molecule has 3 atom stereocenters. The van der Waals surface area contributed by atoms with Crippen molar-refractivity contribution in [1.82, 2.24) is 4.90 Å². The third-order valence-corrected chi connectivity index (χ3v) is 4.87. The second-order valence-electron chi connectivity index (χ2n) is 5.83. The average Bonchev–Trinajstić information content (AvgIpc) is 2.42. The Labute approximate surface area is 110 Å². The van der Waals surface area contributed by atoms with Gasteiger partial charge in [0.1, 0.15) is 5.75 Å². The Morgan fingerprint density at radius 1 is 1.39 bits per heavy atom. The SMILES string of the molecule is CCN1C[C@@H](C)[C@@H]2C[C@H]1Cc1ccc(OC)cc12. The first-order chi connectivity index (χ1) is 8.72. The molecule has 0 amide bonds. The van der Waals surface area contributed by atoms with Gasteiger partial charge in [0, 0.05) is 12.6 Å². The summed E-state index contributed by atoms with van der Waals surface area (Å²) >= 11 is 0. The molecule has 18 heavy (non-hydrogen) atoms. The lowest BCUT2D eigenvalue weighted by atomic mass is 9.71. The standard InChI is InChI=1S/C16H23NO/c1-4-17-10-11(2)15-8-13(17)7-12-5-6-14(18-3)9-16(12)15/h5-6,9,11,13,15H,4,7-8,10H2,1-3H3/t11-,13-,15+/m1/s1. The van der Waals surface area contributed by atoms with E-state index in [9.17, 15) is 0 Å². The fourth-order valence-electron chi connectivity index (χ4n) is 3.84. The lowest BCUT2D eigenvalue weighted by molar-refractivity contribution is 0.0925. The van der Waals surface area contributed by atoms with Crippen molar-refractivity contribution in [2.75, 3.05) is 20.2 Å². The highest BCUT2D eigenvalue weighted by atomic mass is 16.5. The zero-order valence-electron chi connectivity index (χ0n) is 11.6. The number of fused-ring (bicyclic) bond motifs is 4. The molecule has 1 saturated heterocycles. The fraction of sp³-hybridized carbons (Fsp3) is 0.625. The summed E-state index contributed by atoms with van der Waals surface area (Å²) in [6.45, 7) is 7.13. The molecule has 0 unspecified atom stereocenters.